The first kappa shape index (κ1) is 12.9. The molecule has 1 aliphatic rings. The molecule has 0 bridgehead atoms. The quantitative estimate of drug-likeness (QED) is 0.702. The van der Waals surface area contributed by atoms with Gasteiger partial charge in [-0.2, -0.15) is 0 Å². The molecule has 0 aliphatic carbocycles. The van der Waals surface area contributed by atoms with Crippen LogP contribution in [-0.4, -0.2) is 32.8 Å². The second kappa shape index (κ2) is 6.46. The fourth-order valence-electron chi connectivity index (χ4n) is 2.04. The summed E-state index contributed by atoms with van der Waals surface area (Å²) in [4.78, 5) is 0. The van der Waals surface area contributed by atoms with E-state index in [2.05, 4.69) is 19.2 Å². The molecule has 15 heavy (non-hydrogen) atoms. The molecule has 0 aromatic heterocycles. The lowest BCUT2D eigenvalue weighted by atomic mass is 9.89. The number of nitrogens with two attached hydrogens (primary N) is 1. The van der Waals surface area contributed by atoms with Gasteiger partial charge in [-0.1, -0.05) is 13.8 Å². The minimum atomic E-state index is 0.333. The molecule has 3 nitrogen and oxygen atoms in total. The van der Waals surface area contributed by atoms with E-state index < -0.39 is 0 Å². The lowest BCUT2D eigenvalue weighted by Crippen LogP contribution is -2.35. The van der Waals surface area contributed by atoms with Gasteiger partial charge in [0.05, 0.1) is 0 Å². The van der Waals surface area contributed by atoms with Crippen LogP contribution in [0, 0.1) is 11.3 Å². The number of hydrogen-bond acceptors (Lipinski definition) is 3. The molecule has 1 aliphatic heterocycles. The van der Waals surface area contributed by atoms with E-state index in [1.165, 1.54) is 12.8 Å². The molecule has 1 fully saturated rings. The highest BCUT2D eigenvalue weighted by Gasteiger charge is 2.18. The number of hydrogen-bond donors (Lipinski definition) is 2. The monoisotopic (exact) mass is 214 g/mol. The van der Waals surface area contributed by atoms with Gasteiger partial charge in [-0.3, -0.25) is 0 Å². The predicted molar refractivity (Wildman–Crippen MR) is 63.9 cm³/mol. The van der Waals surface area contributed by atoms with Gasteiger partial charge in [-0.15, -0.1) is 0 Å². The molecule has 0 atom stereocenters. The topological polar surface area (TPSA) is 47.3 Å². The van der Waals surface area contributed by atoms with Crippen LogP contribution in [0.1, 0.15) is 33.1 Å². The van der Waals surface area contributed by atoms with E-state index >= 15 is 0 Å². The summed E-state index contributed by atoms with van der Waals surface area (Å²) in [6, 6.07) is 0. The molecule has 0 aromatic rings. The normalized spacial score (nSPS) is 19.4. The first-order chi connectivity index (χ1) is 7.14. The molecule has 0 unspecified atom stereocenters. The number of rotatable bonds is 6. The van der Waals surface area contributed by atoms with Crippen molar-refractivity contribution < 1.29 is 4.74 Å². The minimum Gasteiger partial charge on any atom is -0.381 e. The Kier molecular flexibility index (Phi) is 5.58. The second-order valence-electron chi connectivity index (χ2n) is 5.39. The first-order valence-electron chi connectivity index (χ1n) is 6.12. The van der Waals surface area contributed by atoms with Crippen LogP contribution in [0.2, 0.25) is 0 Å². The largest absolute Gasteiger partial charge is 0.381 e. The molecule has 0 saturated carbocycles. The van der Waals surface area contributed by atoms with E-state index in [0.717, 1.165) is 45.2 Å². The summed E-state index contributed by atoms with van der Waals surface area (Å²) in [5.74, 6) is 0.812. The molecule has 3 heteroatoms. The van der Waals surface area contributed by atoms with Gasteiger partial charge in [0.1, 0.15) is 0 Å². The van der Waals surface area contributed by atoms with Crippen molar-refractivity contribution >= 4 is 0 Å². The van der Waals surface area contributed by atoms with Gasteiger partial charge in [0.15, 0.2) is 0 Å². The van der Waals surface area contributed by atoms with E-state index in [1.54, 1.807) is 0 Å². The van der Waals surface area contributed by atoms with Crippen LogP contribution < -0.4 is 11.1 Å². The van der Waals surface area contributed by atoms with Crippen LogP contribution in [-0.2, 0) is 4.74 Å². The highest BCUT2D eigenvalue weighted by molar-refractivity contribution is 4.74. The van der Waals surface area contributed by atoms with Crippen LogP contribution in [0.15, 0.2) is 0 Å². The van der Waals surface area contributed by atoms with E-state index in [4.69, 9.17) is 10.5 Å². The molecule has 90 valence electrons. The summed E-state index contributed by atoms with van der Waals surface area (Å²) in [5, 5.41) is 3.57. The van der Waals surface area contributed by atoms with Gasteiger partial charge in [0.2, 0.25) is 0 Å². The third kappa shape index (κ3) is 5.50. The van der Waals surface area contributed by atoms with Crippen molar-refractivity contribution in [3.63, 3.8) is 0 Å². The maximum Gasteiger partial charge on any atom is 0.0469 e. The number of ether oxygens (including phenoxy) is 1. The Morgan fingerprint density at radius 3 is 2.60 bits per heavy atom. The summed E-state index contributed by atoms with van der Waals surface area (Å²) in [6.45, 7) is 9.43. The van der Waals surface area contributed by atoms with Gasteiger partial charge < -0.3 is 15.8 Å². The summed E-state index contributed by atoms with van der Waals surface area (Å²) >= 11 is 0. The van der Waals surface area contributed by atoms with E-state index in [-0.39, 0.29) is 0 Å². The van der Waals surface area contributed by atoms with Crippen molar-refractivity contribution in [1.82, 2.24) is 5.32 Å². The van der Waals surface area contributed by atoms with Gasteiger partial charge >= 0.3 is 0 Å². The molecule has 0 amide bonds. The zero-order valence-electron chi connectivity index (χ0n) is 10.2. The van der Waals surface area contributed by atoms with Crippen molar-refractivity contribution in [2.45, 2.75) is 33.1 Å². The molecule has 0 aromatic carbocycles. The fourth-order valence-corrected chi connectivity index (χ4v) is 2.04. The zero-order valence-corrected chi connectivity index (χ0v) is 10.2. The molecule has 3 N–H and O–H groups in total. The van der Waals surface area contributed by atoms with Gasteiger partial charge in [-0.05, 0) is 43.7 Å². The van der Waals surface area contributed by atoms with E-state index in [1.807, 2.05) is 0 Å². The Morgan fingerprint density at radius 2 is 2.00 bits per heavy atom. The Balaban J connectivity index is 2.09. The average Bonchev–Trinajstić information content (AvgIpc) is 2.19. The van der Waals surface area contributed by atoms with Gasteiger partial charge in [-0.25, -0.2) is 0 Å². The van der Waals surface area contributed by atoms with Crippen molar-refractivity contribution in [2.75, 3.05) is 32.8 Å². The highest BCUT2D eigenvalue weighted by Crippen LogP contribution is 2.18. The summed E-state index contributed by atoms with van der Waals surface area (Å²) in [6.07, 6.45) is 3.52. The average molecular weight is 214 g/mol. The smallest absolute Gasteiger partial charge is 0.0469 e. The Morgan fingerprint density at radius 1 is 1.33 bits per heavy atom. The molecular weight excluding hydrogens is 188 g/mol. The third-order valence-corrected chi connectivity index (χ3v) is 3.20. The predicted octanol–water partition coefficient (Wildman–Crippen LogP) is 1.38. The molecule has 1 heterocycles. The van der Waals surface area contributed by atoms with Crippen LogP contribution >= 0.6 is 0 Å². The standard InChI is InChI=1S/C12H26N2O/c1-12(2,5-6-13)10-14-9-11-3-7-15-8-4-11/h11,14H,3-10,13H2,1-2H3. The third-order valence-electron chi connectivity index (χ3n) is 3.20. The maximum atomic E-state index is 5.58. The van der Waals surface area contributed by atoms with E-state index in [9.17, 15) is 0 Å². The van der Waals surface area contributed by atoms with Crippen LogP contribution in [0.25, 0.3) is 0 Å². The molecular formula is C12H26N2O. The van der Waals surface area contributed by atoms with Crippen molar-refractivity contribution in [3.8, 4) is 0 Å². The minimum absolute atomic E-state index is 0.333. The highest BCUT2D eigenvalue weighted by atomic mass is 16.5. The van der Waals surface area contributed by atoms with Crippen molar-refractivity contribution in [1.29, 1.82) is 0 Å². The Bertz CT molecular complexity index is 165. The SMILES string of the molecule is CC(C)(CCN)CNCC1CCOCC1. The fraction of sp³-hybridized carbons (Fsp3) is 1.00. The van der Waals surface area contributed by atoms with Crippen molar-refractivity contribution in [3.05, 3.63) is 0 Å². The van der Waals surface area contributed by atoms with Crippen molar-refractivity contribution in [2.24, 2.45) is 17.1 Å². The van der Waals surface area contributed by atoms with Gasteiger partial charge in [0.25, 0.3) is 0 Å². The summed E-state index contributed by atoms with van der Waals surface area (Å²) in [7, 11) is 0. The van der Waals surface area contributed by atoms with Crippen LogP contribution in [0.4, 0.5) is 0 Å². The molecule has 1 rings (SSSR count). The van der Waals surface area contributed by atoms with E-state index in [0.29, 0.717) is 5.41 Å². The Hall–Kier alpha value is -0.120. The maximum absolute atomic E-state index is 5.58. The lowest BCUT2D eigenvalue weighted by molar-refractivity contribution is 0.0655. The molecule has 0 spiro atoms. The summed E-state index contributed by atoms with van der Waals surface area (Å²) in [5.41, 5.74) is 5.92. The lowest BCUT2D eigenvalue weighted by Gasteiger charge is -2.27. The Labute approximate surface area is 93.8 Å². The number of nitrogens with one attached hydrogen (secondary N) is 1. The molecule has 1 saturated heterocycles. The second-order valence-corrected chi connectivity index (χ2v) is 5.39. The van der Waals surface area contributed by atoms with Gasteiger partial charge in [0, 0.05) is 19.8 Å². The van der Waals surface area contributed by atoms with Crippen LogP contribution in [0.3, 0.4) is 0 Å². The zero-order chi connectivity index (χ0) is 11.1. The molecule has 0 radical (unpaired) electrons. The van der Waals surface area contributed by atoms with Crippen LogP contribution in [0.5, 0.6) is 0 Å². The first-order valence-corrected chi connectivity index (χ1v) is 6.12. The summed E-state index contributed by atoms with van der Waals surface area (Å²) < 4.78 is 5.34.